The Balaban J connectivity index is 2.20. The van der Waals surface area contributed by atoms with Gasteiger partial charge < -0.3 is 10.1 Å². The first-order valence-electron chi connectivity index (χ1n) is 5.89. The summed E-state index contributed by atoms with van der Waals surface area (Å²) in [5.74, 6) is 1.68. The normalized spacial score (nSPS) is 23.9. The average molecular weight is 219 g/mol. The number of ether oxygens (including phenoxy) is 1. The van der Waals surface area contributed by atoms with Crippen molar-refractivity contribution in [3.8, 4) is 5.75 Å². The number of hydrogen-bond acceptors (Lipinski definition) is 2. The van der Waals surface area contributed by atoms with Gasteiger partial charge in [-0.05, 0) is 42.5 Å². The van der Waals surface area contributed by atoms with Gasteiger partial charge in [0.1, 0.15) is 5.75 Å². The molecule has 0 radical (unpaired) electrons. The minimum absolute atomic E-state index is 0.449. The van der Waals surface area contributed by atoms with Crippen molar-refractivity contribution in [1.29, 1.82) is 0 Å². The van der Waals surface area contributed by atoms with Gasteiger partial charge in [0.2, 0.25) is 0 Å². The topological polar surface area (TPSA) is 21.3 Å². The maximum absolute atomic E-state index is 5.27. The molecule has 0 saturated heterocycles. The summed E-state index contributed by atoms with van der Waals surface area (Å²) in [6.45, 7) is 4.67. The Hall–Kier alpha value is -1.02. The first-order valence-corrected chi connectivity index (χ1v) is 5.89. The molecule has 0 spiro atoms. The second-order valence-corrected chi connectivity index (χ2v) is 5.34. The lowest BCUT2D eigenvalue weighted by molar-refractivity contribution is 0.409. The van der Waals surface area contributed by atoms with E-state index in [2.05, 4.69) is 37.4 Å². The highest BCUT2D eigenvalue weighted by Crippen LogP contribution is 2.57. The van der Waals surface area contributed by atoms with E-state index in [0.717, 1.165) is 11.7 Å². The van der Waals surface area contributed by atoms with Gasteiger partial charge in [-0.1, -0.05) is 26.0 Å². The molecule has 0 bridgehead atoms. The lowest BCUT2D eigenvalue weighted by Crippen LogP contribution is -2.20. The first kappa shape index (κ1) is 11.5. The second kappa shape index (κ2) is 4.10. The Morgan fingerprint density at radius 1 is 1.44 bits per heavy atom. The van der Waals surface area contributed by atoms with Crippen molar-refractivity contribution < 1.29 is 4.74 Å². The summed E-state index contributed by atoms with van der Waals surface area (Å²) in [4.78, 5) is 0. The number of methoxy groups -OCH3 is 1. The van der Waals surface area contributed by atoms with Gasteiger partial charge in [0, 0.05) is 6.04 Å². The predicted octanol–water partition coefficient (Wildman–Crippen LogP) is 3.00. The predicted molar refractivity (Wildman–Crippen MR) is 66.7 cm³/mol. The van der Waals surface area contributed by atoms with Crippen molar-refractivity contribution >= 4 is 0 Å². The summed E-state index contributed by atoms with van der Waals surface area (Å²) in [7, 11) is 3.76. The molecule has 0 heterocycles. The van der Waals surface area contributed by atoms with Crippen LogP contribution in [0.4, 0.5) is 0 Å². The van der Waals surface area contributed by atoms with Crippen LogP contribution in [0.5, 0.6) is 5.75 Å². The molecule has 2 rings (SSSR count). The molecule has 88 valence electrons. The quantitative estimate of drug-likeness (QED) is 0.840. The van der Waals surface area contributed by atoms with Crippen molar-refractivity contribution in [2.45, 2.75) is 26.3 Å². The molecule has 2 heteroatoms. The zero-order chi connectivity index (χ0) is 11.8. The van der Waals surface area contributed by atoms with Crippen molar-refractivity contribution in [3.63, 3.8) is 0 Å². The van der Waals surface area contributed by atoms with E-state index >= 15 is 0 Å². The molecule has 1 aromatic rings. The van der Waals surface area contributed by atoms with E-state index in [1.54, 1.807) is 7.11 Å². The molecule has 0 aromatic heterocycles. The van der Waals surface area contributed by atoms with Crippen LogP contribution in [0.25, 0.3) is 0 Å². The molecule has 1 aromatic carbocycles. The van der Waals surface area contributed by atoms with Crippen LogP contribution in [0.3, 0.4) is 0 Å². The van der Waals surface area contributed by atoms with Crippen molar-refractivity contribution in [1.82, 2.24) is 5.32 Å². The molecule has 2 nitrogen and oxygen atoms in total. The van der Waals surface area contributed by atoms with Crippen LogP contribution >= 0.6 is 0 Å². The molecule has 0 amide bonds. The second-order valence-electron chi connectivity index (χ2n) is 5.34. The van der Waals surface area contributed by atoms with Crippen LogP contribution in [0.15, 0.2) is 24.3 Å². The molecule has 16 heavy (non-hydrogen) atoms. The lowest BCUT2D eigenvalue weighted by Gasteiger charge is -2.19. The number of rotatable bonds is 4. The van der Waals surface area contributed by atoms with Gasteiger partial charge in [0.25, 0.3) is 0 Å². The summed E-state index contributed by atoms with van der Waals surface area (Å²) in [5, 5.41) is 3.43. The fourth-order valence-electron chi connectivity index (χ4n) is 2.51. The van der Waals surface area contributed by atoms with E-state index in [1.165, 1.54) is 12.0 Å². The molecule has 1 aliphatic rings. The fraction of sp³-hybridized carbons (Fsp3) is 0.571. The van der Waals surface area contributed by atoms with Gasteiger partial charge in [-0.25, -0.2) is 0 Å². The van der Waals surface area contributed by atoms with E-state index in [4.69, 9.17) is 4.74 Å². The van der Waals surface area contributed by atoms with E-state index < -0.39 is 0 Å². The van der Waals surface area contributed by atoms with Gasteiger partial charge in [0.05, 0.1) is 7.11 Å². The van der Waals surface area contributed by atoms with Crippen molar-refractivity contribution in [3.05, 3.63) is 29.8 Å². The minimum atomic E-state index is 0.449. The third-order valence-corrected chi connectivity index (χ3v) is 3.76. The van der Waals surface area contributed by atoms with E-state index in [9.17, 15) is 0 Å². The third kappa shape index (κ3) is 2.07. The Morgan fingerprint density at radius 3 is 2.62 bits per heavy atom. The molecule has 2 unspecified atom stereocenters. The fourth-order valence-corrected chi connectivity index (χ4v) is 2.51. The zero-order valence-electron chi connectivity index (χ0n) is 10.6. The highest BCUT2D eigenvalue weighted by molar-refractivity contribution is 5.32. The smallest absolute Gasteiger partial charge is 0.119 e. The summed E-state index contributed by atoms with van der Waals surface area (Å²) in [5.41, 5.74) is 1.81. The minimum Gasteiger partial charge on any atom is -0.497 e. The summed E-state index contributed by atoms with van der Waals surface area (Å²) >= 11 is 0. The van der Waals surface area contributed by atoms with Gasteiger partial charge in [-0.2, -0.15) is 0 Å². The monoisotopic (exact) mass is 219 g/mol. The van der Waals surface area contributed by atoms with Crippen LogP contribution < -0.4 is 10.1 Å². The molecular weight excluding hydrogens is 198 g/mol. The Labute approximate surface area is 98.0 Å². The first-order chi connectivity index (χ1) is 7.58. The van der Waals surface area contributed by atoms with Crippen molar-refractivity contribution in [2.75, 3.05) is 14.2 Å². The van der Waals surface area contributed by atoms with E-state index in [0.29, 0.717) is 11.5 Å². The summed E-state index contributed by atoms with van der Waals surface area (Å²) in [6.07, 6.45) is 1.30. The SMILES string of the molecule is CNC(c1cccc(OC)c1)C1CC1(C)C. The average Bonchev–Trinajstić information content (AvgIpc) is 2.89. The highest BCUT2D eigenvalue weighted by Gasteiger charge is 2.50. The van der Waals surface area contributed by atoms with Crippen LogP contribution in [-0.2, 0) is 0 Å². The lowest BCUT2D eigenvalue weighted by atomic mass is 9.97. The molecule has 1 fully saturated rings. The number of benzene rings is 1. The molecular formula is C14H21NO. The zero-order valence-corrected chi connectivity index (χ0v) is 10.6. The summed E-state index contributed by atoms with van der Waals surface area (Å²) < 4.78 is 5.27. The van der Waals surface area contributed by atoms with Crippen LogP contribution in [0.1, 0.15) is 31.9 Å². The van der Waals surface area contributed by atoms with Crippen LogP contribution in [0.2, 0.25) is 0 Å². The van der Waals surface area contributed by atoms with Gasteiger partial charge >= 0.3 is 0 Å². The van der Waals surface area contributed by atoms with Gasteiger partial charge in [0.15, 0.2) is 0 Å². The van der Waals surface area contributed by atoms with E-state index in [1.807, 2.05) is 13.1 Å². The van der Waals surface area contributed by atoms with Gasteiger partial charge in [-0.3, -0.25) is 0 Å². The number of nitrogens with one attached hydrogen (secondary N) is 1. The molecule has 1 N–H and O–H groups in total. The Kier molecular flexibility index (Phi) is 2.94. The molecule has 0 aliphatic heterocycles. The molecule has 1 saturated carbocycles. The maximum Gasteiger partial charge on any atom is 0.119 e. The van der Waals surface area contributed by atoms with Crippen LogP contribution in [-0.4, -0.2) is 14.2 Å². The molecule has 2 atom stereocenters. The third-order valence-electron chi connectivity index (χ3n) is 3.76. The summed E-state index contributed by atoms with van der Waals surface area (Å²) in [6, 6.07) is 8.82. The number of hydrogen-bond donors (Lipinski definition) is 1. The van der Waals surface area contributed by atoms with Crippen molar-refractivity contribution in [2.24, 2.45) is 11.3 Å². The maximum atomic E-state index is 5.27. The highest BCUT2D eigenvalue weighted by atomic mass is 16.5. The molecule has 1 aliphatic carbocycles. The van der Waals surface area contributed by atoms with Crippen LogP contribution in [0, 0.1) is 11.3 Å². The standard InChI is InChI=1S/C14H21NO/c1-14(2)9-12(14)13(15-3)10-6-5-7-11(8-10)16-4/h5-8,12-13,15H,9H2,1-4H3. The Morgan fingerprint density at radius 2 is 2.12 bits per heavy atom. The van der Waals surface area contributed by atoms with E-state index in [-0.39, 0.29) is 0 Å². The largest absolute Gasteiger partial charge is 0.497 e. The van der Waals surface area contributed by atoms with Gasteiger partial charge in [-0.15, -0.1) is 0 Å². The Bertz CT molecular complexity index is 373.